The number of sulfonamides is 1. The summed E-state index contributed by atoms with van der Waals surface area (Å²) < 4.78 is 33.0. The van der Waals surface area contributed by atoms with Crippen LogP contribution in [0.4, 0.5) is 5.69 Å². The molecule has 0 spiro atoms. The molecule has 0 aliphatic heterocycles. The van der Waals surface area contributed by atoms with Crippen molar-refractivity contribution in [3.8, 4) is 0 Å². The number of hydrogen-bond donors (Lipinski definition) is 2. The lowest BCUT2D eigenvalue weighted by molar-refractivity contribution is -0.119. The summed E-state index contributed by atoms with van der Waals surface area (Å²) in [6, 6.07) is 7.97. The molecule has 0 aliphatic rings. The Labute approximate surface area is 142 Å². The van der Waals surface area contributed by atoms with Gasteiger partial charge in [-0.1, -0.05) is 6.07 Å². The zero-order valence-corrected chi connectivity index (χ0v) is 14.6. The minimum Gasteiger partial charge on any atom is -0.443 e. The Morgan fingerprint density at radius 2 is 2.08 bits per heavy atom. The summed E-state index contributed by atoms with van der Waals surface area (Å²) in [4.78, 5) is 15.9. The van der Waals surface area contributed by atoms with Crippen LogP contribution in [0.1, 0.15) is 24.8 Å². The molecule has 24 heavy (non-hydrogen) atoms. The lowest BCUT2D eigenvalue weighted by Gasteiger charge is -2.09. The first-order valence-corrected chi connectivity index (χ1v) is 9.38. The van der Waals surface area contributed by atoms with Gasteiger partial charge in [-0.2, -0.15) is 0 Å². The Bertz CT molecular complexity index is 991. The maximum Gasteiger partial charge on any atom is 0.271 e. The highest BCUT2D eigenvalue weighted by molar-refractivity contribution is 7.94. The van der Waals surface area contributed by atoms with E-state index in [9.17, 15) is 13.2 Å². The molecule has 0 saturated heterocycles. The average molecular weight is 365 g/mol. The van der Waals surface area contributed by atoms with E-state index in [4.69, 9.17) is 4.42 Å². The molecule has 9 heteroatoms. The van der Waals surface area contributed by atoms with E-state index in [2.05, 4.69) is 15.0 Å². The van der Waals surface area contributed by atoms with Crippen molar-refractivity contribution >= 4 is 44.1 Å². The lowest BCUT2D eigenvalue weighted by Crippen LogP contribution is -2.22. The number of fused-ring (bicyclic) bond motifs is 1. The van der Waals surface area contributed by atoms with E-state index in [0.29, 0.717) is 16.8 Å². The molecule has 1 atom stereocenters. The number of anilines is 1. The zero-order chi connectivity index (χ0) is 17.3. The molecule has 0 radical (unpaired) electrons. The Hall–Kier alpha value is -2.39. The van der Waals surface area contributed by atoms with Gasteiger partial charge in [-0.05, 0) is 31.2 Å². The summed E-state index contributed by atoms with van der Waals surface area (Å²) in [6.45, 7) is 3.22. The summed E-state index contributed by atoms with van der Waals surface area (Å²) in [5, 5.41) is 2.73. The molecular weight excluding hydrogens is 350 g/mol. The maximum atomic E-state index is 12.6. The van der Waals surface area contributed by atoms with Gasteiger partial charge in [0.1, 0.15) is 9.73 Å². The number of rotatable bonds is 5. The molecule has 0 fully saturated rings. The molecule has 126 valence electrons. The monoisotopic (exact) mass is 365 g/mol. The Morgan fingerprint density at radius 3 is 2.83 bits per heavy atom. The van der Waals surface area contributed by atoms with Crippen LogP contribution in [0.15, 0.2) is 45.4 Å². The second-order valence-corrected chi connectivity index (χ2v) is 8.21. The van der Waals surface area contributed by atoms with Gasteiger partial charge in [0.15, 0.2) is 12.0 Å². The van der Waals surface area contributed by atoms with Crippen molar-refractivity contribution < 1.29 is 17.6 Å². The second-order valence-electron chi connectivity index (χ2n) is 5.19. The molecule has 1 unspecified atom stereocenters. The molecule has 1 amide bonds. The number of carbonyl (C=O) groups is 1. The van der Waals surface area contributed by atoms with Crippen LogP contribution in [-0.4, -0.2) is 19.3 Å². The number of hydrogen-bond acceptors (Lipinski definition) is 6. The Kier molecular flexibility index (Phi) is 4.29. The summed E-state index contributed by atoms with van der Waals surface area (Å²) in [5.41, 5.74) is 1.30. The Balaban J connectivity index is 1.87. The topological polar surface area (TPSA) is 101 Å². The van der Waals surface area contributed by atoms with E-state index in [1.165, 1.54) is 19.4 Å². The maximum absolute atomic E-state index is 12.6. The van der Waals surface area contributed by atoms with E-state index in [1.807, 2.05) is 0 Å². The molecule has 3 rings (SSSR count). The molecule has 1 aromatic carbocycles. The molecule has 0 saturated carbocycles. The van der Waals surface area contributed by atoms with Crippen LogP contribution in [0, 0.1) is 0 Å². The summed E-state index contributed by atoms with van der Waals surface area (Å²) in [6.07, 6.45) is 1.26. The van der Waals surface area contributed by atoms with Gasteiger partial charge < -0.3 is 9.73 Å². The lowest BCUT2D eigenvalue weighted by atomic mass is 10.3. The van der Waals surface area contributed by atoms with Gasteiger partial charge in [-0.3, -0.25) is 9.52 Å². The van der Waals surface area contributed by atoms with Crippen molar-refractivity contribution in [2.75, 3.05) is 4.72 Å². The third kappa shape index (κ3) is 3.26. The number of thiophene rings is 1. The van der Waals surface area contributed by atoms with Crippen LogP contribution in [0.5, 0.6) is 0 Å². The van der Waals surface area contributed by atoms with Crippen LogP contribution in [0.3, 0.4) is 0 Å². The van der Waals surface area contributed by atoms with E-state index in [-0.39, 0.29) is 16.2 Å². The van der Waals surface area contributed by atoms with E-state index < -0.39 is 10.0 Å². The van der Waals surface area contributed by atoms with Crippen molar-refractivity contribution in [3.63, 3.8) is 0 Å². The number of carbonyl (C=O) groups excluding carboxylic acids is 1. The zero-order valence-electron chi connectivity index (χ0n) is 12.9. The third-order valence-electron chi connectivity index (χ3n) is 3.32. The van der Waals surface area contributed by atoms with Gasteiger partial charge in [0.2, 0.25) is 5.91 Å². The fraction of sp³-hybridized carbons (Fsp3) is 0.200. The van der Waals surface area contributed by atoms with Crippen molar-refractivity contribution in [2.24, 2.45) is 0 Å². The summed E-state index contributed by atoms with van der Waals surface area (Å²) in [7, 11) is -3.75. The minimum atomic E-state index is -3.75. The highest BCUT2D eigenvalue weighted by Gasteiger charge is 2.20. The van der Waals surface area contributed by atoms with E-state index in [1.54, 1.807) is 31.2 Å². The average Bonchev–Trinajstić information content (AvgIpc) is 3.16. The van der Waals surface area contributed by atoms with Gasteiger partial charge in [-0.15, -0.1) is 11.3 Å². The molecule has 2 heterocycles. The van der Waals surface area contributed by atoms with Gasteiger partial charge >= 0.3 is 0 Å². The van der Waals surface area contributed by atoms with Crippen LogP contribution in [0.25, 0.3) is 11.1 Å². The molecule has 0 bridgehead atoms. The van der Waals surface area contributed by atoms with E-state index in [0.717, 1.165) is 16.2 Å². The normalized spacial score (nSPS) is 12.9. The number of nitrogens with zero attached hydrogens (tertiary/aromatic N) is 1. The molecule has 7 nitrogen and oxygen atoms in total. The van der Waals surface area contributed by atoms with Gasteiger partial charge in [0.05, 0.1) is 11.7 Å². The quantitative estimate of drug-likeness (QED) is 0.724. The number of para-hydroxylation sites is 1. The third-order valence-corrected chi connectivity index (χ3v) is 6.44. The fourth-order valence-electron chi connectivity index (χ4n) is 2.25. The van der Waals surface area contributed by atoms with Gasteiger partial charge in [0.25, 0.3) is 10.0 Å². The van der Waals surface area contributed by atoms with Crippen LogP contribution < -0.4 is 10.0 Å². The molecular formula is C15H15N3O4S2. The molecule has 2 aromatic heterocycles. The molecule has 0 aliphatic carbocycles. The smallest absolute Gasteiger partial charge is 0.271 e. The SMILES string of the molecule is CC(=O)NC(C)c1ccc(S(=O)(=O)Nc2cccc3ocnc23)s1. The van der Waals surface area contributed by atoms with Crippen LogP contribution in [-0.2, 0) is 14.8 Å². The number of nitrogens with one attached hydrogen (secondary N) is 2. The predicted octanol–water partition coefficient (Wildman–Crippen LogP) is 2.89. The second kappa shape index (κ2) is 6.25. The van der Waals surface area contributed by atoms with Crippen LogP contribution >= 0.6 is 11.3 Å². The van der Waals surface area contributed by atoms with E-state index >= 15 is 0 Å². The number of oxazole rings is 1. The minimum absolute atomic E-state index is 0.162. The number of amides is 1. The fourth-order valence-corrected chi connectivity index (χ4v) is 4.65. The van der Waals surface area contributed by atoms with Crippen molar-refractivity contribution in [2.45, 2.75) is 24.1 Å². The van der Waals surface area contributed by atoms with Crippen molar-refractivity contribution in [1.82, 2.24) is 10.3 Å². The highest BCUT2D eigenvalue weighted by atomic mass is 32.2. The van der Waals surface area contributed by atoms with Crippen molar-refractivity contribution in [1.29, 1.82) is 0 Å². The summed E-state index contributed by atoms with van der Waals surface area (Å²) in [5.74, 6) is -0.170. The highest BCUT2D eigenvalue weighted by Crippen LogP contribution is 2.30. The van der Waals surface area contributed by atoms with Gasteiger partial charge in [0, 0.05) is 11.8 Å². The van der Waals surface area contributed by atoms with Crippen molar-refractivity contribution in [3.05, 3.63) is 41.6 Å². The molecule has 3 aromatic rings. The first-order valence-electron chi connectivity index (χ1n) is 7.08. The number of aromatic nitrogens is 1. The largest absolute Gasteiger partial charge is 0.443 e. The number of benzene rings is 1. The predicted molar refractivity (Wildman–Crippen MR) is 91.4 cm³/mol. The summed E-state index contributed by atoms with van der Waals surface area (Å²) >= 11 is 1.11. The van der Waals surface area contributed by atoms with Crippen LogP contribution in [0.2, 0.25) is 0 Å². The molecule has 2 N–H and O–H groups in total. The Morgan fingerprint density at radius 1 is 1.29 bits per heavy atom. The standard InChI is InChI=1S/C15H15N3O4S2/c1-9(17-10(2)19)13-6-7-14(23-13)24(20,21)18-11-4-3-5-12-15(11)16-8-22-12/h3-9,18H,1-2H3,(H,17,19). The first kappa shape index (κ1) is 16.5. The first-order chi connectivity index (χ1) is 11.4. The van der Waals surface area contributed by atoms with Gasteiger partial charge in [-0.25, -0.2) is 13.4 Å².